The van der Waals surface area contributed by atoms with Crippen LogP contribution >= 0.6 is 11.3 Å². The van der Waals surface area contributed by atoms with E-state index in [1.165, 1.54) is 36.2 Å². The van der Waals surface area contributed by atoms with Crippen LogP contribution in [-0.2, 0) is 6.54 Å². The summed E-state index contributed by atoms with van der Waals surface area (Å²) in [5.74, 6) is 0.874. The van der Waals surface area contributed by atoms with Crippen molar-refractivity contribution in [1.82, 2.24) is 10.3 Å². The fourth-order valence-corrected chi connectivity index (χ4v) is 3.13. The van der Waals surface area contributed by atoms with E-state index in [0.29, 0.717) is 0 Å². The Morgan fingerprint density at radius 2 is 2.29 bits per heavy atom. The second-order valence-electron chi connectivity index (χ2n) is 4.74. The number of rotatable bonds is 4. The molecule has 1 heterocycles. The van der Waals surface area contributed by atoms with Crippen LogP contribution in [-0.4, -0.2) is 11.5 Å². The Bertz CT molecular complexity index is 568. The maximum absolute atomic E-state index is 11.3. The maximum atomic E-state index is 11.3. The summed E-state index contributed by atoms with van der Waals surface area (Å²) in [4.78, 5) is 14.2. The third kappa shape index (κ3) is 2.28. The highest BCUT2D eigenvalue weighted by Crippen LogP contribution is 2.25. The fourth-order valence-electron chi connectivity index (χ4n) is 2.28. The van der Waals surface area contributed by atoms with Crippen molar-refractivity contribution >= 4 is 21.6 Å². The minimum absolute atomic E-state index is 0.0337. The van der Waals surface area contributed by atoms with E-state index in [0.717, 1.165) is 29.2 Å². The van der Waals surface area contributed by atoms with Crippen LogP contribution in [0.25, 0.3) is 10.2 Å². The Labute approximate surface area is 104 Å². The molecule has 2 aromatic rings. The largest absolute Gasteiger partial charge is 0.312 e. The molecular weight excluding hydrogens is 232 g/mol. The quantitative estimate of drug-likeness (QED) is 0.873. The van der Waals surface area contributed by atoms with Crippen molar-refractivity contribution in [3.63, 3.8) is 0 Å². The van der Waals surface area contributed by atoms with Crippen molar-refractivity contribution in [3.8, 4) is 0 Å². The smallest absolute Gasteiger partial charge is 0.305 e. The molecule has 0 aliphatic heterocycles. The normalized spacial score (nSPS) is 16.2. The summed E-state index contributed by atoms with van der Waals surface area (Å²) in [5.41, 5.74) is 2.19. The number of hydrogen-bond acceptors (Lipinski definition) is 3. The van der Waals surface area contributed by atoms with Crippen molar-refractivity contribution in [2.24, 2.45) is 5.92 Å². The van der Waals surface area contributed by atoms with Gasteiger partial charge in [-0.1, -0.05) is 29.9 Å². The molecule has 0 saturated heterocycles. The lowest BCUT2D eigenvalue weighted by molar-refractivity contribution is 0.301. The monoisotopic (exact) mass is 248 g/mol. The van der Waals surface area contributed by atoms with Gasteiger partial charge in [0, 0.05) is 6.54 Å². The van der Waals surface area contributed by atoms with E-state index in [1.807, 2.05) is 12.1 Å². The van der Waals surface area contributed by atoms with Gasteiger partial charge < -0.3 is 10.3 Å². The highest BCUT2D eigenvalue weighted by Gasteiger charge is 2.16. The van der Waals surface area contributed by atoms with Crippen LogP contribution < -0.4 is 10.2 Å². The van der Waals surface area contributed by atoms with E-state index >= 15 is 0 Å². The molecule has 1 fully saturated rings. The first kappa shape index (κ1) is 11.0. The van der Waals surface area contributed by atoms with Crippen LogP contribution in [0.2, 0.25) is 0 Å². The van der Waals surface area contributed by atoms with Gasteiger partial charge >= 0.3 is 4.87 Å². The van der Waals surface area contributed by atoms with Crippen LogP contribution in [0.4, 0.5) is 0 Å². The number of fused-ring (bicyclic) bond motifs is 1. The van der Waals surface area contributed by atoms with Crippen molar-refractivity contribution in [1.29, 1.82) is 0 Å². The van der Waals surface area contributed by atoms with Gasteiger partial charge in [0.2, 0.25) is 0 Å². The summed E-state index contributed by atoms with van der Waals surface area (Å²) >= 11 is 1.31. The summed E-state index contributed by atoms with van der Waals surface area (Å²) in [6.45, 7) is 1.97. The number of aromatic nitrogens is 1. The standard InChI is InChI=1S/C13H16N2OS/c16-13-15-11-6-2-5-10(12(11)17-13)8-14-7-9-3-1-4-9/h2,5-6,9,14H,1,3-4,7-8H2,(H,15,16). The van der Waals surface area contributed by atoms with Gasteiger partial charge in [0.05, 0.1) is 10.2 Å². The molecule has 4 heteroatoms. The molecule has 3 rings (SSSR count). The predicted octanol–water partition coefficient (Wildman–Crippen LogP) is 2.48. The van der Waals surface area contributed by atoms with Crippen molar-refractivity contribution < 1.29 is 0 Å². The van der Waals surface area contributed by atoms with Crippen LogP contribution in [0.1, 0.15) is 24.8 Å². The average Bonchev–Trinajstić information content (AvgIpc) is 2.62. The Balaban J connectivity index is 1.72. The van der Waals surface area contributed by atoms with Gasteiger partial charge in [-0.15, -0.1) is 0 Å². The molecule has 1 aromatic carbocycles. The van der Waals surface area contributed by atoms with Crippen LogP contribution in [0.15, 0.2) is 23.0 Å². The van der Waals surface area contributed by atoms with Gasteiger partial charge in [0.15, 0.2) is 0 Å². The molecular formula is C13H16N2OS. The van der Waals surface area contributed by atoms with E-state index in [4.69, 9.17) is 0 Å². The molecule has 0 radical (unpaired) electrons. The van der Waals surface area contributed by atoms with Gasteiger partial charge in [-0.3, -0.25) is 4.79 Å². The molecule has 0 bridgehead atoms. The molecule has 90 valence electrons. The van der Waals surface area contributed by atoms with Gasteiger partial charge in [0.1, 0.15) is 0 Å². The zero-order chi connectivity index (χ0) is 11.7. The van der Waals surface area contributed by atoms with Crippen molar-refractivity contribution in [3.05, 3.63) is 33.4 Å². The third-order valence-corrected chi connectivity index (χ3v) is 4.47. The molecule has 1 aromatic heterocycles. The summed E-state index contributed by atoms with van der Waals surface area (Å²) < 4.78 is 1.10. The zero-order valence-electron chi connectivity index (χ0n) is 9.66. The lowest BCUT2D eigenvalue weighted by Crippen LogP contribution is -2.26. The molecule has 1 aliphatic rings. The molecule has 0 amide bonds. The number of nitrogens with one attached hydrogen (secondary N) is 2. The first-order valence-corrected chi connectivity index (χ1v) is 6.96. The Morgan fingerprint density at radius 3 is 3.06 bits per heavy atom. The van der Waals surface area contributed by atoms with Gasteiger partial charge in [-0.2, -0.15) is 0 Å². The molecule has 1 saturated carbocycles. The molecule has 2 N–H and O–H groups in total. The van der Waals surface area contributed by atoms with Gasteiger partial charge in [-0.25, -0.2) is 0 Å². The Hall–Kier alpha value is -1.13. The zero-order valence-corrected chi connectivity index (χ0v) is 10.5. The summed E-state index contributed by atoms with van der Waals surface area (Å²) in [6, 6.07) is 6.06. The highest BCUT2D eigenvalue weighted by molar-refractivity contribution is 7.16. The summed E-state index contributed by atoms with van der Waals surface area (Å²) in [7, 11) is 0. The molecule has 1 aliphatic carbocycles. The number of hydrogen-bond donors (Lipinski definition) is 2. The summed E-state index contributed by atoms with van der Waals surface area (Å²) in [5, 5.41) is 3.50. The van der Waals surface area contributed by atoms with E-state index in [1.54, 1.807) is 0 Å². The second kappa shape index (κ2) is 4.63. The van der Waals surface area contributed by atoms with Crippen LogP contribution in [0, 0.1) is 5.92 Å². The number of benzene rings is 1. The Morgan fingerprint density at radius 1 is 1.41 bits per heavy atom. The van der Waals surface area contributed by atoms with Crippen LogP contribution in [0.3, 0.4) is 0 Å². The first-order chi connectivity index (χ1) is 8.33. The lowest BCUT2D eigenvalue weighted by atomic mass is 9.85. The van der Waals surface area contributed by atoms with Crippen LogP contribution in [0.5, 0.6) is 0 Å². The molecule has 0 unspecified atom stereocenters. The van der Waals surface area contributed by atoms with E-state index in [9.17, 15) is 4.79 Å². The molecule has 0 atom stereocenters. The van der Waals surface area contributed by atoms with Crippen molar-refractivity contribution in [2.75, 3.05) is 6.54 Å². The minimum atomic E-state index is 0.0337. The van der Waals surface area contributed by atoms with E-state index < -0.39 is 0 Å². The third-order valence-electron chi connectivity index (χ3n) is 3.50. The summed E-state index contributed by atoms with van der Waals surface area (Å²) in [6.07, 6.45) is 4.13. The number of thiazole rings is 1. The van der Waals surface area contributed by atoms with E-state index in [2.05, 4.69) is 16.4 Å². The maximum Gasteiger partial charge on any atom is 0.305 e. The minimum Gasteiger partial charge on any atom is -0.312 e. The predicted molar refractivity (Wildman–Crippen MR) is 71.5 cm³/mol. The van der Waals surface area contributed by atoms with E-state index in [-0.39, 0.29) is 4.87 Å². The second-order valence-corrected chi connectivity index (χ2v) is 5.72. The fraction of sp³-hybridized carbons (Fsp3) is 0.462. The van der Waals surface area contributed by atoms with Gasteiger partial charge in [0.25, 0.3) is 0 Å². The molecule has 3 nitrogen and oxygen atoms in total. The SMILES string of the molecule is O=c1[nH]c2cccc(CNCC3CCC3)c2s1. The Kier molecular flexibility index (Phi) is 2.99. The lowest BCUT2D eigenvalue weighted by Gasteiger charge is -2.25. The number of aromatic amines is 1. The topological polar surface area (TPSA) is 44.9 Å². The van der Waals surface area contributed by atoms with Crippen molar-refractivity contribution in [2.45, 2.75) is 25.8 Å². The average molecular weight is 248 g/mol. The molecule has 0 spiro atoms. The molecule has 17 heavy (non-hydrogen) atoms. The first-order valence-electron chi connectivity index (χ1n) is 6.14. The number of H-pyrrole nitrogens is 1. The van der Waals surface area contributed by atoms with Gasteiger partial charge in [-0.05, 0) is 36.9 Å². The highest BCUT2D eigenvalue weighted by atomic mass is 32.1.